The van der Waals surface area contributed by atoms with Crippen LogP contribution < -0.4 is 15.7 Å². The lowest BCUT2D eigenvalue weighted by molar-refractivity contribution is 1.03. The number of aromatic nitrogens is 2. The van der Waals surface area contributed by atoms with Gasteiger partial charge in [0.15, 0.2) is 0 Å². The molecule has 0 spiro atoms. The first-order valence-corrected chi connectivity index (χ1v) is 16.3. The lowest BCUT2D eigenvalue weighted by Gasteiger charge is -2.23. The van der Waals surface area contributed by atoms with Crippen LogP contribution in [-0.4, -0.2) is 16.3 Å². The zero-order valence-electron chi connectivity index (χ0n) is 27.5. The molecule has 0 aliphatic carbocycles. The molecular formula is C40H41BN2S. The molecule has 0 fully saturated rings. The second kappa shape index (κ2) is 11.7. The third-order valence-corrected chi connectivity index (χ3v) is 10.1. The number of nitrogens with zero attached hydrogens (tertiary/aromatic N) is 2. The van der Waals surface area contributed by atoms with Crippen LogP contribution in [0, 0.1) is 62.3 Å². The standard InChI is InChI=1S/C40H41BN2S/c1-24-17-27(4)37(28(5)18-24)41(38-29(6)19-25(2)20-30(38)7)36-14-13-35(44-36)33-11-10-12-34(23-33)40-42-15-16-43(40)39-31(8)21-26(3)22-32(39)9/h10-23H,1-9H3. The second-order valence-electron chi connectivity index (χ2n) is 12.7. The zero-order chi connectivity index (χ0) is 31.3. The molecule has 0 N–H and O–H groups in total. The number of rotatable bonds is 6. The van der Waals surface area contributed by atoms with Crippen LogP contribution in [0.25, 0.3) is 27.5 Å². The molecule has 4 heteroatoms. The summed E-state index contributed by atoms with van der Waals surface area (Å²) in [7, 11) is 0. The van der Waals surface area contributed by atoms with E-state index in [1.165, 1.54) is 81.9 Å². The van der Waals surface area contributed by atoms with E-state index in [9.17, 15) is 0 Å². The van der Waals surface area contributed by atoms with Gasteiger partial charge in [0.1, 0.15) is 5.82 Å². The molecular weight excluding hydrogens is 551 g/mol. The third-order valence-electron chi connectivity index (χ3n) is 8.89. The Morgan fingerprint density at radius 2 is 1.07 bits per heavy atom. The van der Waals surface area contributed by atoms with Crippen LogP contribution in [0.4, 0.5) is 0 Å². The Balaban J connectivity index is 1.46. The van der Waals surface area contributed by atoms with Crippen molar-refractivity contribution in [1.29, 1.82) is 0 Å². The van der Waals surface area contributed by atoms with E-state index in [1.807, 2.05) is 17.5 Å². The van der Waals surface area contributed by atoms with Gasteiger partial charge in [-0.15, -0.1) is 11.3 Å². The number of aryl methyl sites for hydroxylation is 9. The summed E-state index contributed by atoms with van der Waals surface area (Å²) in [6.45, 7) is 20.2. The highest BCUT2D eigenvalue weighted by Crippen LogP contribution is 2.31. The molecule has 4 aromatic carbocycles. The fourth-order valence-corrected chi connectivity index (χ4v) is 8.57. The van der Waals surface area contributed by atoms with Crippen molar-refractivity contribution in [3.8, 4) is 27.5 Å². The van der Waals surface area contributed by atoms with E-state index in [1.54, 1.807) is 0 Å². The summed E-state index contributed by atoms with van der Waals surface area (Å²) in [5.41, 5.74) is 18.3. The highest BCUT2D eigenvalue weighted by Gasteiger charge is 2.30. The molecule has 0 saturated heterocycles. The van der Waals surface area contributed by atoms with Crippen LogP contribution in [0.15, 0.2) is 85.2 Å². The van der Waals surface area contributed by atoms with Gasteiger partial charge in [0.25, 0.3) is 6.71 Å². The van der Waals surface area contributed by atoms with E-state index in [4.69, 9.17) is 4.98 Å². The molecule has 44 heavy (non-hydrogen) atoms. The minimum absolute atomic E-state index is 0.185. The molecule has 220 valence electrons. The summed E-state index contributed by atoms with van der Waals surface area (Å²) in [6, 6.07) is 27.4. The lowest BCUT2D eigenvalue weighted by atomic mass is 9.37. The van der Waals surface area contributed by atoms with Crippen LogP contribution >= 0.6 is 11.3 Å². The van der Waals surface area contributed by atoms with Gasteiger partial charge in [0, 0.05) is 22.8 Å². The molecule has 0 aliphatic heterocycles. The maximum Gasteiger partial charge on any atom is 0.255 e. The Labute approximate surface area is 267 Å². The first-order chi connectivity index (χ1) is 21.0. The van der Waals surface area contributed by atoms with Gasteiger partial charge in [0.05, 0.1) is 5.69 Å². The van der Waals surface area contributed by atoms with Gasteiger partial charge < -0.3 is 0 Å². The van der Waals surface area contributed by atoms with Crippen LogP contribution in [0.3, 0.4) is 0 Å². The van der Waals surface area contributed by atoms with Crippen molar-refractivity contribution in [3.63, 3.8) is 0 Å². The van der Waals surface area contributed by atoms with Crippen LogP contribution in [0.2, 0.25) is 0 Å². The van der Waals surface area contributed by atoms with Crippen molar-refractivity contribution in [3.05, 3.63) is 135 Å². The zero-order valence-corrected chi connectivity index (χ0v) is 28.3. The van der Waals surface area contributed by atoms with Crippen molar-refractivity contribution in [2.24, 2.45) is 0 Å². The molecule has 0 amide bonds. The molecule has 0 bridgehead atoms. The highest BCUT2D eigenvalue weighted by molar-refractivity contribution is 7.29. The van der Waals surface area contributed by atoms with Crippen molar-refractivity contribution < 1.29 is 0 Å². The molecule has 0 saturated carbocycles. The highest BCUT2D eigenvalue weighted by atomic mass is 32.1. The van der Waals surface area contributed by atoms with E-state index in [2.05, 4.69) is 146 Å². The summed E-state index contributed by atoms with van der Waals surface area (Å²) in [5.74, 6) is 0.966. The smallest absolute Gasteiger partial charge is 0.255 e. The van der Waals surface area contributed by atoms with Gasteiger partial charge in [0.2, 0.25) is 0 Å². The number of imidazole rings is 1. The molecule has 2 heterocycles. The normalized spacial score (nSPS) is 11.3. The van der Waals surface area contributed by atoms with E-state index in [0.717, 1.165) is 11.4 Å². The summed E-state index contributed by atoms with van der Waals surface area (Å²) in [4.78, 5) is 6.11. The maximum absolute atomic E-state index is 4.83. The Bertz CT molecular complexity index is 1900. The number of thiophene rings is 1. The van der Waals surface area contributed by atoms with E-state index in [-0.39, 0.29) is 6.71 Å². The topological polar surface area (TPSA) is 17.8 Å². The Morgan fingerprint density at radius 3 is 1.61 bits per heavy atom. The van der Waals surface area contributed by atoms with Gasteiger partial charge in [-0.25, -0.2) is 4.98 Å². The maximum atomic E-state index is 4.83. The van der Waals surface area contributed by atoms with Crippen LogP contribution in [0.5, 0.6) is 0 Å². The van der Waals surface area contributed by atoms with Crippen LogP contribution in [-0.2, 0) is 0 Å². The molecule has 0 atom stereocenters. The number of hydrogen-bond acceptors (Lipinski definition) is 2. The van der Waals surface area contributed by atoms with Gasteiger partial charge in [-0.2, -0.15) is 0 Å². The van der Waals surface area contributed by atoms with Gasteiger partial charge >= 0.3 is 0 Å². The average molecular weight is 593 g/mol. The minimum atomic E-state index is 0.185. The number of benzene rings is 4. The van der Waals surface area contributed by atoms with E-state index < -0.39 is 0 Å². The van der Waals surface area contributed by atoms with Crippen molar-refractivity contribution >= 4 is 33.8 Å². The summed E-state index contributed by atoms with van der Waals surface area (Å²) < 4.78 is 3.62. The Kier molecular flexibility index (Phi) is 7.98. The fourth-order valence-electron chi connectivity index (χ4n) is 7.45. The van der Waals surface area contributed by atoms with Gasteiger partial charge in [-0.1, -0.05) is 111 Å². The SMILES string of the molecule is Cc1cc(C)c(B(c2ccc(-c3cccc(-c4nccn4-c4c(C)cc(C)cc4C)c3)s2)c2c(C)cc(C)cc2C)c(C)c1. The predicted octanol–water partition coefficient (Wildman–Crippen LogP) is 8.56. The van der Waals surface area contributed by atoms with Gasteiger partial charge in [-0.3, -0.25) is 4.57 Å². The predicted molar refractivity (Wildman–Crippen MR) is 192 cm³/mol. The Morgan fingerprint density at radius 1 is 0.568 bits per heavy atom. The quantitative estimate of drug-likeness (QED) is 0.177. The molecule has 6 rings (SSSR count). The van der Waals surface area contributed by atoms with Crippen molar-refractivity contribution in [2.45, 2.75) is 62.3 Å². The first-order valence-electron chi connectivity index (χ1n) is 15.5. The van der Waals surface area contributed by atoms with Crippen molar-refractivity contribution in [2.75, 3.05) is 0 Å². The van der Waals surface area contributed by atoms with E-state index >= 15 is 0 Å². The summed E-state index contributed by atoms with van der Waals surface area (Å²) in [6.07, 6.45) is 3.99. The van der Waals surface area contributed by atoms with Gasteiger partial charge in [-0.05, 0) is 95.9 Å². The molecule has 0 unspecified atom stereocenters. The van der Waals surface area contributed by atoms with E-state index in [0.29, 0.717) is 0 Å². The van der Waals surface area contributed by atoms with Crippen molar-refractivity contribution in [1.82, 2.24) is 9.55 Å². The molecule has 6 aromatic rings. The largest absolute Gasteiger partial charge is 0.299 e. The van der Waals surface area contributed by atoms with Crippen LogP contribution in [0.1, 0.15) is 50.1 Å². The minimum Gasteiger partial charge on any atom is -0.299 e. The lowest BCUT2D eigenvalue weighted by Crippen LogP contribution is -2.54. The molecule has 0 aliphatic rings. The molecule has 0 radical (unpaired) electrons. The molecule has 2 aromatic heterocycles. The average Bonchev–Trinajstić information content (AvgIpc) is 3.61. The molecule has 2 nitrogen and oxygen atoms in total. The first kappa shape index (κ1) is 29.9. The summed E-state index contributed by atoms with van der Waals surface area (Å²) in [5, 5.41) is 0. The third kappa shape index (κ3) is 5.48. The monoisotopic (exact) mass is 592 g/mol. The number of hydrogen-bond donors (Lipinski definition) is 0. The second-order valence-corrected chi connectivity index (χ2v) is 13.8. The Hall–Kier alpha value is -4.15. The fraction of sp³-hybridized carbons (Fsp3) is 0.225. The summed E-state index contributed by atoms with van der Waals surface area (Å²) >= 11 is 1.91.